The van der Waals surface area contributed by atoms with Crippen molar-refractivity contribution in [2.75, 3.05) is 12.4 Å². The summed E-state index contributed by atoms with van der Waals surface area (Å²) in [6, 6.07) is 12.4. The molecule has 0 saturated heterocycles. The molecule has 1 aromatic heterocycles. The van der Waals surface area contributed by atoms with E-state index in [1.807, 2.05) is 12.1 Å². The van der Waals surface area contributed by atoms with Crippen LogP contribution >= 0.6 is 24.0 Å². The molecule has 1 heterocycles. The van der Waals surface area contributed by atoms with E-state index in [-0.39, 0.29) is 42.2 Å². The smallest absolute Gasteiger partial charge is 0.497 e. The van der Waals surface area contributed by atoms with E-state index < -0.39 is 6.36 Å². The molecule has 0 aliphatic rings. The normalized spacial score (nSPS) is 11.5. The van der Waals surface area contributed by atoms with Gasteiger partial charge >= 0.3 is 6.36 Å². The zero-order chi connectivity index (χ0) is 20.9. The lowest BCUT2D eigenvalue weighted by Gasteiger charge is -2.10. The van der Waals surface area contributed by atoms with Crippen LogP contribution in [0.5, 0.6) is 11.5 Å². The van der Waals surface area contributed by atoms with Crippen LogP contribution in [0, 0.1) is 0 Å². The molecule has 0 unspecified atom stereocenters. The van der Waals surface area contributed by atoms with E-state index in [4.69, 9.17) is 10.5 Å². The predicted octanol–water partition coefficient (Wildman–Crippen LogP) is 3.92. The van der Waals surface area contributed by atoms with Crippen molar-refractivity contribution in [2.45, 2.75) is 12.9 Å². The molecule has 12 heteroatoms. The molecule has 0 atom stereocenters. The highest BCUT2D eigenvalue weighted by molar-refractivity contribution is 14.0. The Kier molecular flexibility index (Phi) is 7.86. The molecule has 8 nitrogen and oxygen atoms in total. The molecule has 0 aliphatic heterocycles. The van der Waals surface area contributed by atoms with Gasteiger partial charge in [-0.25, -0.2) is 9.98 Å². The summed E-state index contributed by atoms with van der Waals surface area (Å²) in [5.74, 6) is 1.47. The standard InChI is InChI=1S/C18H17F3N6O2.HI/c1-28-13-6-2-11(3-7-13)16-25-15(26-27-16)10-23-17(22)24-12-4-8-14(9-5-12)29-18(19,20)21;/h2-9H,10H2,1H3,(H3,22,23,24)(H,25,26,27);1H. The fraction of sp³-hybridized carbons (Fsp3) is 0.167. The molecule has 4 N–H and O–H groups in total. The van der Waals surface area contributed by atoms with Crippen LogP contribution in [0.15, 0.2) is 53.5 Å². The summed E-state index contributed by atoms with van der Waals surface area (Å²) in [5.41, 5.74) is 7.06. The number of nitrogens with one attached hydrogen (secondary N) is 2. The van der Waals surface area contributed by atoms with Crippen molar-refractivity contribution in [1.82, 2.24) is 15.2 Å². The first-order valence-corrected chi connectivity index (χ1v) is 8.31. The second kappa shape index (κ2) is 10.1. The van der Waals surface area contributed by atoms with Gasteiger partial charge in [-0.3, -0.25) is 5.10 Å². The molecule has 0 aliphatic carbocycles. The summed E-state index contributed by atoms with van der Waals surface area (Å²) >= 11 is 0. The van der Waals surface area contributed by atoms with E-state index in [1.54, 1.807) is 19.2 Å². The zero-order valence-electron chi connectivity index (χ0n) is 15.6. The van der Waals surface area contributed by atoms with Gasteiger partial charge in [-0.05, 0) is 48.5 Å². The van der Waals surface area contributed by atoms with Crippen molar-refractivity contribution in [3.05, 3.63) is 54.4 Å². The molecule has 0 fully saturated rings. The molecule has 0 saturated carbocycles. The number of methoxy groups -OCH3 is 1. The number of anilines is 1. The molecular weight excluding hydrogens is 516 g/mol. The first-order valence-electron chi connectivity index (χ1n) is 8.31. The van der Waals surface area contributed by atoms with Gasteiger partial charge < -0.3 is 20.5 Å². The largest absolute Gasteiger partial charge is 0.573 e. The SMILES string of the molecule is COc1ccc(-c2n[nH]c(CN=C(N)Nc3ccc(OC(F)(F)F)cc3)n2)cc1.I. The third-order valence-corrected chi connectivity index (χ3v) is 3.64. The molecule has 160 valence electrons. The number of aromatic amines is 1. The third kappa shape index (κ3) is 6.79. The molecule has 0 amide bonds. The summed E-state index contributed by atoms with van der Waals surface area (Å²) in [6.07, 6.45) is -4.74. The number of rotatable bonds is 6. The summed E-state index contributed by atoms with van der Waals surface area (Å²) in [5, 5.41) is 9.67. The third-order valence-electron chi connectivity index (χ3n) is 3.64. The Morgan fingerprint density at radius 1 is 1.10 bits per heavy atom. The highest BCUT2D eigenvalue weighted by Crippen LogP contribution is 2.24. The fourth-order valence-corrected chi connectivity index (χ4v) is 2.32. The van der Waals surface area contributed by atoms with E-state index >= 15 is 0 Å². The quantitative estimate of drug-likeness (QED) is 0.251. The van der Waals surface area contributed by atoms with E-state index in [9.17, 15) is 13.2 Å². The second-order valence-corrected chi connectivity index (χ2v) is 5.73. The number of nitrogens with zero attached hydrogens (tertiary/aromatic N) is 3. The van der Waals surface area contributed by atoms with Crippen molar-refractivity contribution < 1.29 is 22.6 Å². The van der Waals surface area contributed by atoms with Crippen LogP contribution in [0.1, 0.15) is 5.82 Å². The number of nitrogens with two attached hydrogens (primary N) is 1. The van der Waals surface area contributed by atoms with E-state index in [1.165, 1.54) is 24.3 Å². The van der Waals surface area contributed by atoms with Gasteiger partial charge in [0.2, 0.25) is 0 Å². The van der Waals surface area contributed by atoms with Crippen LogP contribution in [0.2, 0.25) is 0 Å². The fourth-order valence-electron chi connectivity index (χ4n) is 2.32. The van der Waals surface area contributed by atoms with Gasteiger partial charge in [-0.15, -0.1) is 37.1 Å². The highest BCUT2D eigenvalue weighted by atomic mass is 127. The van der Waals surface area contributed by atoms with Gasteiger partial charge in [0, 0.05) is 11.3 Å². The molecule has 0 radical (unpaired) electrons. The minimum absolute atomic E-state index is 0. The maximum Gasteiger partial charge on any atom is 0.573 e. The highest BCUT2D eigenvalue weighted by Gasteiger charge is 2.30. The number of H-pyrrole nitrogens is 1. The number of benzene rings is 2. The number of aromatic nitrogens is 3. The Bertz CT molecular complexity index is 975. The van der Waals surface area contributed by atoms with E-state index in [2.05, 4.69) is 30.2 Å². The lowest BCUT2D eigenvalue weighted by atomic mass is 10.2. The van der Waals surface area contributed by atoms with Crippen LogP contribution in [0.3, 0.4) is 0 Å². The van der Waals surface area contributed by atoms with E-state index in [0.717, 1.165) is 11.3 Å². The van der Waals surface area contributed by atoms with Crippen molar-refractivity contribution in [3.63, 3.8) is 0 Å². The Hall–Kier alpha value is -3.03. The average molecular weight is 534 g/mol. The first kappa shape index (κ1) is 23.3. The minimum atomic E-state index is -4.74. The average Bonchev–Trinajstić information content (AvgIpc) is 3.16. The first-order chi connectivity index (χ1) is 13.8. The Morgan fingerprint density at radius 3 is 2.33 bits per heavy atom. The lowest BCUT2D eigenvalue weighted by molar-refractivity contribution is -0.274. The molecular formula is C18H18F3IN6O2. The number of aliphatic imine (C=N–C) groups is 1. The maximum absolute atomic E-state index is 12.2. The number of halogens is 4. The Balaban J connectivity index is 0.00000320. The molecule has 3 rings (SSSR count). The van der Waals surface area contributed by atoms with Crippen LogP contribution in [0.4, 0.5) is 18.9 Å². The summed E-state index contributed by atoms with van der Waals surface area (Å²) in [4.78, 5) is 8.46. The Morgan fingerprint density at radius 2 is 1.73 bits per heavy atom. The van der Waals surface area contributed by atoms with Crippen LogP contribution in [-0.2, 0) is 6.54 Å². The molecule has 0 bridgehead atoms. The second-order valence-electron chi connectivity index (χ2n) is 5.73. The Labute approximate surface area is 186 Å². The maximum atomic E-state index is 12.2. The monoisotopic (exact) mass is 534 g/mol. The molecule has 30 heavy (non-hydrogen) atoms. The topological polar surface area (TPSA) is 110 Å². The van der Waals surface area contributed by atoms with Crippen LogP contribution < -0.4 is 20.5 Å². The number of guanidine groups is 1. The number of ether oxygens (including phenoxy) is 2. The van der Waals surface area contributed by atoms with Gasteiger partial charge in [0.15, 0.2) is 11.8 Å². The van der Waals surface area contributed by atoms with Crippen LogP contribution in [-0.4, -0.2) is 34.6 Å². The summed E-state index contributed by atoms with van der Waals surface area (Å²) in [7, 11) is 1.58. The van der Waals surface area contributed by atoms with Gasteiger partial charge in [-0.2, -0.15) is 5.10 Å². The van der Waals surface area contributed by atoms with Gasteiger partial charge in [0.25, 0.3) is 0 Å². The van der Waals surface area contributed by atoms with Crippen LogP contribution in [0.25, 0.3) is 11.4 Å². The molecule has 2 aromatic carbocycles. The lowest BCUT2D eigenvalue weighted by Crippen LogP contribution is -2.22. The molecule has 0 spiro atoms. The number of hydrogen-bond donors (Lipinski definition) is 3. The van der Waals surface area contributed by atoms with Crippen molar-refractivity contribution in [1.29, 1.82) is 0 Å². The van der Waals surface area contributed by atoms with E-state index in [0.29, 0.717) is 17.3 Å². The number of alkyl halides is 3. The van der Waals surface area contributed by atoms with Crippen molar-refractivity contribution in [3.8, 4) is 22.9 Å². The minimum Gasteiger partial charge on any atom is -0.497 e. The van der Waals surface area contributed by atoms with Gasteiger partial charge in [-0.1, -0.05) is 0 Å². The van der Waals surface area contributed by atoms with Gasteiger partial charge in [0.1, 0.15) is 23.9 Å². The van der Waals surface area contributed by atoms with Crippen molar-refractivity contribution >= 4 is 35.6 Å². The number of hydrogen-bond acceptors (Lipinski definition) is 5. The zero-order valence-corrected chi connectivity index (χ0v) is 17.9. The molecule has 3 aromatic rings. The predicted molar refractivity (Wildman–Crippen MR) is 116 cm³/mol. The van der Waals surface area contributed by atoms with Gasteiger partial charge in [0.05, 0.1) is 7.11 Å². The summed E-state index contributed by atoms with van der Waals surface area (Å²) in [6.45, 7) is 0.136. The van der Waals surface area contributed by atoms with Crippen molar-refractivity contribution in [2.24, 2.45) is 10.7 Å². The summed E-state index contributed by atoms with van der Waals surface area (Å²) < 4.78 is 45.4.